The van der Waals surface area contributed by atoms with Crippen LogP contribution >= 0.6 is 0 Å². The van der Waals surface area contributed by atoms with Crippen molar-refractivity contribution in [1.29, 1.82) is 0 Å². The van der Waals surface area contributed by atoms with Crippen molar-refractivity contribution in [3.05, 3.63) is 48.5 Å². The molecule has 0 saturated heterocycles. The second-order valence-electron chi connectivity index (χ2n) is 4.46. The molecule has 0 spiro atoms. The summed E-state index contributed by atoms with van der Waals surface area (Å²) in [5, 5.41) is 19.9. The van der Waals surface area contributed by atoms with E-state index in [1.54, 1.807) is 36.4 Å². The minimum Gasteiger partial charge on any atom is -0.506 e. The number of para-hydroxylation sites is 4. The molecule has 2 rings (SSSR count). The van der Waals surface area contributed by atoms with Gasteiger partial charge in [-0.1, -0.05) is 31.2 Å². The molecule has 0 atom stereocenters. The second-order valence-corrected chi connectivity index (χ2v) is 4.46. The van der Waals surface area contributed by atoms with E-state index in [9.17, 15) is 15.0 Å². The van der Waals surface area contributed by atoms with Gasteiger partial charge in [0, 0.05) is 6.42 Å². The molecule has 2 aromatic rings. The number of nitrogens with zero attached hydrogens (tertiary/aromatic N) is 1. The van der Waals surface area contributed by atoms with Crippen molar-refractivity contribution in [1.82, 2.24) is 0 Å². The van der Waals surface area contributed by atoms with Crippen molar-refractivity contribution in [3.63, 3.8) is 0 Å². The van der Waals surface area contributed by atoms with Crippen molar-refractivity contribution in [2.75, 3.05) is 4.90 Å². The quantitative estimate of drug-likeness (QED) is 0.893. The summed E-state index contributed by atoms with van der Waals surface area (Å²) in [6.07, 6.45) is 1.03. The van der Waals surface area contributed by atoms with Crippen LogP contribution in [0.15, 0.2) is 48.5 Å². The molecule has 0 aliphatic rings. The maximum Gasteiger partial charge on any atom is 0.231 e. The van der Waals surface area contributed by atoms with Crippen LogP contribution in [0.4, 0.5) is 11.4 Å². The Hall–Kier alpha value is -2.49. The smallest absolute Gasteiger partial charge is 0.231 e. The largest absolute Gasteiger partial charge is 0.506 e. The summed E-state index contributed by atoms with van der Waals surface area (Å²) in [4.78, 5) is 13.7. The van der Waals surface area contributed by atoms with E-state index in [1.807, 2.05) is 6.92 Å². The lowest BCUT2D eigenvalue weighted by Crippen LogP contribution is -2.25. The monoisotopic (exact) mass is 271 g/mol. The third-order valence-electron chi connectivity index (χ3n) is 2.96. The Kier molecular flexibility index (Phi) is 4.25. The number of hydrogen-bond acceptors (Lipinski definition) is 3. The first-order valence-corrected chi connectivity index (χ1v) is 6.54. The van der Waals surface area contributed by atoms with Gasteiger partial charge >= 0.3 is 0 Å². The molecular formula is C16H17NO3. The minimum atomic E-state index is -0.171. The Morgan fingerprint density at radius 1 is 0.950 bits per heavy atom. The van der Waals surface area contributed by atoms with E-state index < -0.39 is 0 Å². The first kappa shape index (κ1) is 13.9. The number of carbonyl (C=O) groups excluding carboxylic acids is 1. The lowest BCUT2D eigenvalue weighted by molar-refractivity contribution is -0.117. The molecule has 104 valence electrons. The lowest BCUT2D eigenvalue weighted by atomic mass is 10.2. The van der Waals surface area contributed by atoms with Gasteiger partial charge in [0.05, 0.1) is 11.4 Å². The molecule has 0 fully saturated rings. The molecule has 4 heteroatoms. The van der Waals surface area contributed by atoms with E-state index in [1.165, 1.54) is 17.0 Å². The van der Waals surface area contributed by atoms with Crippen LogP contribution in [0.2, 0.25) is 0 Å². The van der Waals surface area contributed by atoms with Crippen LogP contribution in [0.5, 0.6) is 11.5 Å². The Morgan fingerprint density at radius 3 is 1.80 bits per heavy atom. The van der Waals surface area contributed by atoms with Gasteiger partial charge in [-0.05, 0) is 30.7 Å². The van der Waals surface area contributed by atoms with Crippen LogP contribution in [0.3, 0.4) is 0 Å². The number of rotatable bonds is 4. The van der Waals surface area contributed by atoms with Gasteiger partial charge in [0.15, 0.2) is 0 Å². The Bertz CT molecular complexity index is 565. The number of aromatic hydroxyl groups is 2. The summed E-state index contributed by atoms with van der Waals surface area (Å²) in [5.74, 6) is -0.170. The fourth-order valence-corrected chi connectivity index (χ4v) is 2.03. The van der Waals surface area contributed by atoms with Gasteiger partial charge in [-0.15, -0.1) is 0 Å². The maximum absolute atomic E-state index is 12.4. The van der Waals surface area contributed by atoms with Crippen molar-refractivity contribution < 1.29 is 15.0 Å². The third-order valence-corrected chi connectivity index (χ3v) is 2.96. The highest BCUT2D eigenvalue weighted by atomic mass is 16.3. The summed E-state index contributed by atoms with van der Waals surface area (Å²) >= 11 is 0. The summed E-state index contributed by atoms with van der Waals surface area (Å²) in [6, 6.07) is 13.2. The van der Waals surface area contributed by atoms with Crippen LogP contribution in [-0.4, -0.2) is 16.1 Å². The molecule has 0 saturated carbocycles. The third kappa shape index (κ3) is 2.74. The summed E-state index contributed by atoms with van der Waals surface area (Å²) in [6.45, 7) is 1.91. The summed E-state index contributed by atoms with van der Waals surface area (Å²) in [7, 11) is 0. The summed E-state index contributed by atoms with van der Waals surface area (Å²) < 4.78 is 0. The van der Waals surface area contributed by atoms with E-state index in [4.69, 9.17) is 0 Å². The predicted molar refractivity (Wildman–Crippen MR) is 78.3 cm³/mol. The SMILES string of the molecule is CCCC(=O)N(c1ccccc1O)c1ccccc1O. The Labute approximate surface area is 117 Å². The number of phenolic OH excluding ortho intramolecular Hbond substituents is 2. The highest BCUT2D eigenvalue weighted by Crippen LogP contribution is 2.37. The zero-order chi connectivity index (χ0) is 14.5. The number of amides is 1. The predicted octanol–water partition coefficient (Wildman–Crippen LogP) is 3.56. The normalized spacial score (nSPS) is 10.2. The van der Waals surface area contributed by atoms with Crippen molar-refractivity contribution >= 4 is 17.3 Å². The fourth-order valence-electron chi connectivity index (χ4n) is 2.03. The zero-order valence-corrected chi connectivity index (χ0v) is 11.3. The van der Waals surface area contributed by atoms with Crippen LogP contribution in [0.25, 0.3) is 0 Å². The van der Waals surface area contributed by atoms with Gasteiger partial charge in [0.25, 0.3) is 0 Å². The Morgan fingerprint density at radius 2 is 1.40 bits per heavy atom. The molecule has 0 radical (unpaired) electrons. The van der Waals surface area contributed by atoms with Gasteiger partial charge in [-0.25, -0.2) is 0 Å². The standard InChI is InChI=1S/C16H17NO3/c1-2-7-16(20)17(12-8-3-5-10-14(12)18)13-9-4-6-11-15(13)19/h3-6,8-11,18-19H,2,7H2,1H3. The minimum absolute atomic E-state index is 0.000191. The molecule has 0 aromatic heterocycles. The van der Waals surface area contributed by atoms with Crippen LogP contribution in [-0.2, 0) is 4.79 Å². The maximum atomic E-state index is 12.4. The van der Waals surface area contributed by atoms with E-state index in [0.717, 1.165) is 0 Å². The van der Waals surface area contributed by atoms with Crippen molar-refractivity contribution in [2.24, 2.45) is 0 Å². The van der Waals surface area contributed by atoms with Gasteiger partial charge in [0.1, 0.15) is 11.5 Å². The summed E-state index contributed by atoms with van der Waals surface area (Å²) in [5.41, 5.74) is 0.736. The number of carbonyl (C=O) groups is 1. The number of phenols is 2. The van der Waals surface area contributed by atoms with E-state index >= 15 is 0 Å². The first-order valence-electron chi connectivity index (χ1n) is 6.54. The van der Waals surface area contributed by atoms with E-state index in [0.29, 0.717) is 24.2 Å². The molecule has 2 aromatic carbocycles. The number of anilines is 2. The topological polar surface area (TPSA) is 60.8 Å². The molecule has 0 aliphatic carbocycles. The van der Waals surface area contributed by atoms with Crippen molar-refractivity contribution in [2.45, 2.75) is 19.8 Å². The highest BCUT2D eigenvalue weighted by molar-refractivity contribution is 6.02. The van der Waals surface area contributed by atoms with E-state index in [2.05, 4.69) is 0 Å². The average Bonchev–Trinajstić information content (AvgIpc) is 2.43. The molecule has 0 aliphatic heterocycles. The molecular weight excluding hydrogens is 254 g/mol. The van der Waals surface area contributed by atoms with Gasteiger partial charge in [-0.3, -0.25) is 9.69 Å². The molecule has 1 amide bonds. The van der Waals surface area contributed by atoms with E-state index in [-0.39, 0.29) is 17.4 Å². The molecule has 4 nitrogen and oxygen atoms in total. The van der Waals surface area contributed by atoms with Crippen LogP contribution in [0, 0.1) is 0 Å². The lowest BCUT2D eigenvalue weighted by Gasteiger charge is -2.24. The van der Waals surface area contributed by atoms with Gasteiger partial charge in [0.2, 0.25) is 5.91 Å². The van der Waals surface area contributed by atoms with Gasteiger partial charge in [-0.2, -0.15) is 0 Å². The molecule has 0 bridgehead atoms. The van der Waals surface area contributed by atoms with Crippen LogP contribution in [0.1, 0.15) is 19.8 Å². The number of benzene rings is 2. The number of hydrogen-bond donors (Lipinski definition) is 2. The average molecular weight is 271 g/mol. The molecule has 20 heavy (non-hydrogen) atoms. The van der Waals surface area contributed by atoms with Crippen LogP contribution < -0.4 is 4.90 Å². The van der Waals surface area contributed by atoms with Gasteiger partial charge < -0.3 is 10.2 Å². The Balaban J connectivity index is 2.54. The first-order chi connectivity index (χ1) is 9.65. The second kappa shape index (κ2) is 6.10. The molecule has 0 unspecified atom stereocenters. The highest BCUT2D eigenvalue weighted by Gasteiger charge is 2.22. The zero-order valence-electron chi connectivity index (χ0n) is 11.3. The molecule has 2 N–H and O–H groups in total. The van der Waals surface area contributed by atoms with Crippen molar-refractivity contribution in [3.8, 4) is 11.5 Å². The molecule has 0 heterocycles. The fraction of sp³-hybridized carbons (Fsp3) is 0.188.